The Morgan fingerprint density at radius 2 is 1.76 bits per heavy atom. The Morgan fingerprint density at radius 1 is 1.00 bits per heavy atom. The van der Waals surface area contributed by atoms with E-state index in [0.29, 0.717) is 22.9 Å². The van der Waals surface area contributed by atoms with Crippen molar-refractivity contribution in [3.05, 3.63) is 59.2 Å². The highest BCUT2D eigenvalue weighted by molar-refractivity contribution is 6.13. The van der Waals surface area contributed by atoms with E-state index in [0.717, 1.165) is 37.4 Å². The van der Waals surface area contributed by atoms with Gasteiger partial charge in [-0.15, -0.1) is 10.2 Å². The fraction of sp³-hybridized carbons (Fsp3) is 0.500. The zero-order valence-corrected chi connectivity index (χ0v) is 23.4. The summed E-state index contributed by atoms with van der Waals surface area (Å²) in [5.74, 6) is -1.49. The van der Waals surface area contributed by atoms with Crippen LogP contribution in [0.5, 0.6) is 0 Å². The van der Waals surface area contributed by atoms with Crippen LogP contribution in [0.3, 0.4) is 0 Å². The molecule has 0 bridgehead atoms. The molecular formula is C30H34F2N6O3. The topological polar surface area (TPSA) is 95.7 Å². The molecule has 3 aliphatic rings. The fourth-order valence-corrected chi connectivity index (χ4v) is 6.30. The number of hydrogen-bond donors (Lipinski definition) is 0. The molecule has 2 fully saturated rings. The third kappa shape index (κ3) is 5.23. The lowest BCUT2D eigenvalue weighted by Crippen LogP contribution is -2.52. The van der Waals surface area contributed by atoms with Crippen molar-refractivity contribution in [1.29, 1.82) is 0 Å². The van der Waals surface area contributed by atoms with Crippen molar-refractivity contribution in [2.45, 2.75) is 70.4 Å². The maximum atomic E-state index is 13.6. The number of fused-ring (bicyclic) bond motifs is 1. The molecular weight excluding hydrogens is 530 g/mol. The Labute approximate surface area is 237 Å². The van der Waals surface area contributed by atoms with Crippen molar-refractivity contribution in [3.8, 4) is 11.5 Å². The van der Waals surface area contributed by atoms with Gasteiger partial charge in [0.05, 0.1) is 23.2 Å². The first-order valence-electron chi connectivity index (χ1n) is 14.3. The maximum absolute atomic E-state index is 13.6. The van der Waals surface area contributed by atoms with Crippen molar-refractivity contribution in [2.75, 3.05) is 31.1 Å². The molecule has 9 nitrogen and oxygen atoms in total. The molecule has 1 aliphatic carbocycles. The fourth-order valence-electron chi connectivity index (χ4n) is 6.30. The van der Waals surface area contributed by atoms with Crippen molar-refractivity contribution >= 4 is 17.5 Å². The molecule has 3 aromatic rings. The molecule has 41 heavy (non-hydrogen) atoms. The lowest BCUT2D eigenvalue weighted by atomic mass is 9.77. The number of nitrogens with zero attached hydrogens (tertiary/aromatic N) is 6. The van der Waals surface area contributed by atoms with Crippen LogP contribution in [0.1, 0.15) is 79.9 Å². The van der Waals surface area contributed by atoms with Gasteiger partial charge in [0.15, 0.2) is 0 Å². The van der Waals surface area contributed by atoms with Gasteiger partial charge in [0.1, 0.15) is 0 Å². The number of hydrogen-bond acceptors (Lipinski definition) is 8. The first-order chi connectivity index (χ1) is 19.7. The lowest BCUT2D eigenvalue weighted by molar-refractivity contribution is -0.134. The van der Waals surface area contributed by atoms with Crippen LogP contribution in [0.25, 0.3) is 11.5 Å². The quantitative estimate of drug-likeness (QED) is 0.387. The van der Waals surface area contributed by atoms with E-state index in [1.165, 1.54) is 43.2 Å². The van der Waals surface area contributed by atoms with Crippen LogP contribution < -0.4 is 4.90 Å². The number of anilines is 1. The highest BCUT2D eigenvalue weighted by Crippen LogP contribution is 2.38. The first kappa shape index (κ1) is 27.4. The van der Waals surface area contributed by atoms with Crippen molar-refractivity contribution in [2.24, 2.45) is 0 Å². The van der Waals surface area contributed by atoms with Gasteiger partial charge in [-0.05, 0) is 62.6 Å². The number of amides is 2. The van der Waals surface area contributed by atoms with E-state index in [2.05, 4.69) is 25.0 Å². The summed E-state index contributed by atoms with van der Waals surface area (Å²) in [6.45, 7) is 7.61. The van der Waals surface area contributed by atoms with Crippen molar-refractivity contribution in [1.82, 2.24) is 25.0 Å². The maximum Gasteiger partial charge on any atom is 0.314 e. The number of carbonyl (C=O) groups excluding carboxylic acids is 2. The van der Waals surface area contributed by atoms with E-state index in [1.807, 2.05) is 32.0 Å². The number of benzene rings is 1. The Morgan fingerprint density at radius 3 is 2.41 bits per heavy atom. The zero-order chi connectivity index (χ0) is 28.7. The zero-order valence-electron chi connectivity index (χ0n) is 23.4. The average molecular weight is 565 g/mol. The molecule has 0 N–H and O–H groups in total. The van der Waals surface area contributed by atoms with Gasteiger partial charge in [-0.1, -0.05) is 19.3 Å². The van der Waals surface area contributed by atoms with E-state index >= 15 is 0 Å². The third-order valence-electron chi connectivity index (χ3n) is 8.72. The van der Waals surface area contributed by atoms with E-state index in [4.69, 9.17) is 4.42 Å². The molecule has 11 heteroatoms. The number of imide groups is 1. The van der Waals surface area contributed by atoms with Gasteiger partial charge in [-0.25, -0.2) is 0 Å². The number of piperazine rings is 1. The normalized spacial score (nSPS) is 20.1. The monoisotopic (exact) mass is 564 g/mol. The van der Waals surface area contributed by atoms with Gasteiger partial charge in [-0.3, -0.25) is 24.4 Å². The van der Waals surface area contributed by atoms with Crippen molar-refractivity contribution in [3.63, 3.8) is 0 Å². The standard InChI is InChI=1S/C30H34F2N6O3/c1-30(2)24-16-22(37-14-12-36(13-15-37)21-6-4-3-5-7-21)10-11-23(24)28(39)38(29(30)40)18-20-9-8-19(17-33-20)26-34-35-27(41-26)25(31)32/h8-11,16-17,21,25H,3-7,12-15,18H2,1-2H3. The van der Waals surface area contributed by atoms with Gasteiger partial charge in [0.2, 0.25) is 11.8 Å². The molecule has 1 saturated heterocycles. The average Bonchev–Trinajstić information content (AvgIpc) is 3.50. The van der Waals surface area contributed by atoms with Crippen LogP contribution in [0.2, 0.25) is 0 Å². The predicted molar refractivity (Wildman–Crippen MR) is 147 cm³/mol. The molecule has 0 radical (unpaired) electrons. The summed E-state index contributed by atoms with van der Waals surface area (Å²) in [5, 5.41) is 6.95. The van der Waals surface area contributed by atoms with Gasteiger partial charge in [0, 0.05) is 49.7 Å². The summed E-state index contributed by atoms with van der Waals surface area (Å²) >= 11 is 0. The van der Waals surface area contributed by atoms with Gasteiger partial charge in [0.25, 0.3) is 11.8 Å². The summed E-state index contributed by atoms with van der Waals surface area (Å²) in [6.07, 6.45) is 5.15. The number of alkyl halides is 2. The minimum absolute atomic E-state index is 0.0161. The molecule has 1 aromatic carbocycles. The number of pyridine rings is 1. The molecule has 0 unspecified atom stereocenters. The summed E-state index contributed by atoms with van der Waals surface area (Å²) in [4.78, 5) is 37.7. The van der Waals surface area contributed by atoms with Crippen LogP contribution >= 0.6 is 0 Å². The van der Waals surface area contributed by atoms with Crippen LogP contribution in [0.4, 0.5) is 14.5 Å². The minimum atomic E-state index is -2.86. The third-order valence-corrected chi connectivity index (χ3v) is 8.72. The molecule has 1 saturated carbocycles. The first-order valence-corrected chi connectivity index (χ1v) is 14.3. The van der Waals surface area contributed by atoms with Crippen LogP contribution in [0, 0.1) is 0 Å². The minimum Gasteiger partial charge on any atom is -0.415 e. The molecule has 4 heterocycles. The molecule has 216 valence electrons. The van der Waals surface area contributed by atoms with Gasteiger partial charge < -0.3 is 9.32 Å². The second kappa shape index (κ2) is 10.9. The number of carbonyl (C=O) groups is 2. The number of aromatic nitrogens is 3. The molecule has 6 rings (SSSR count). The van der Waals surface area contributed by atoms with Crippen LogP contribution in [-0.4, -0.2) is 69.0 Å². The highest BCUT2D eigenvalue weighted by Gasteiger charge is 2.45. The number of halogens is 2. The summed E-state index contributed by atoms with van der Waals surface area (Å²) in [5.41, 5.74) is 2.23. The molecule has 2 amide bonds. The Balaban J connectivity index is 1.16. The van der Waals surface area contributed by atoms with E-state index in [-0.39, 0.29) is 24.2 Å². The summed E-state index contributed by atoms with van der Waals surface area (Å²) in [6, 6.07) is 9.75. The second-order valence-corrected chi connectivity index (χ2v) is 11.7. The smallest absolute Gasteiger partial charge is 0.314 e. The predicted octanol–water partition coefficient (Wildman–Crippen LogP) is 4.98. The summed E-state index contributed by atoms with van der Waals surface area (Å²) < 4.78 is 30.5. The molecule has 0 atom stereocenters. The SMILES string of the molecule is CC1(C)C(=O)N(Cc2ccc(-c3nnc(C(F)F)o3)cn2)C(=O)c2ccc(N3CCN(C4CCCCC4)CC3)cc21. The number of rotatable bonds is 6. The lowest BCUT2D eigenvalue weighted by Gasteiger charge is -2.42. The van der Waals surface area contributed by atoms with Crippen molar-refractivity contribution < 1.29 is 22.8 Å². The van der Waals surface area contributed by atoms with Crippen LogP contribution in [0.15, 0.2) is 40.9 Å². The molecule has 2 aliphatic heterocycles. The molecule has 2 aromatic heterocycles. The Kier molecular flexibility index (Phi) is 7.31. The highest BCUT2D eigenvalue weighted by atomic mass is 19.3. The van der Waals surface area contributed by atoms with Gasteiger partial charge >= 0.3 is 6.43 Å². The van der Waals surface area contributed by atoms with E-state index in [9.17, 15) is 18.4 Å². The van der Waals surface area contributed by atoms with E-state index < -0.39 is 17.7 Å². The summed E-state index contributed by atoms with van der Waals surface area (Å²) in [7, 11) is 0. The van der Waals surface area contributed by atoms with Crippen LogP contribution in [-0.2, 0) is 16.8 Å². The second-order valence-electron chi connectivity index (χ2n) is 11.7. The van der Waals surface area contributed by atoms with Gasteiger partial charge in [-0.2, -0.15) is 8.78 Å². The Bertz CT molecular complexity index is 1430. The Hall–Kier alpha value is -3.73. The molecule has 0 spiro atoms. The largest absolute Gasteiger partial charge is 0.415 e. The van der Waals surface area contributed by atoms with E-state index in [1.54, 1.807) is 12.1 Å².